The topological polar surface area (TPSA) is 99.1 Å². The SMILES string of the molecule is C[C@@H]1C[C@@H](O)c2ncnc(N3CCN(C(=O)[C@@H](c4ccc(Cl)cc4)[C@H]4N(C(=O)OC(C)(C)C)CCC45CCCC5)CC3)c21. The summed E-state index contributed by atoms with van der Waals surface area (Å²) in [4.78, 5) is 43.4. The number of anilines is 1. The van der Waals surface area contributed by atoms with Crippen LogP contribution in [0.15, 0.2) is 30.6 Å². The maximum atomic E-state index is 14.7. The summed E-state index contributed by atoms with van der Waals surface area (Å²) in [6.07, 6.45) is 6.39. The highest BCUT2D eigenvalue weighted by Crippen LogP contribution is 2.54. The molecule has 3 heterocycles. The van der Waals surface area contributed by atoms with Gasteiger partial charge in [-0.2, -0.15) is 0 Å². The molecule has 0 unspecified atom stereocenters. The highest BCUT2D eigenvalue weighted by Gasteiger charge is 2.56. The van der Waals surface area contributed by atoms with Crippen LogP contribution in [-0.4, -0.2) is 81.2 Å². The van der Waals surface area contributed by atoms with Crippen molar-refractivity contribution in [2.24, 2.45) is 5.41 Å². The molecule has 0 bridgehead atoms. The number of amides is 2. The molecule has 1 saturated carbocycles. The number of likely N-dealkylation sites (tertiary alicyclic amines) is 1. The van der Waals surface area contributed by atoms with Gasteiger partial charge in [-0.1, -0.05) is 43.5 Å². The minimum Gasteiger partial charge on any atom is -0.444 e. The lowest BCUT2D eigenvalue weighted by atomic mass is 9.71. The molecule has 10 heteroatoms. The molecule has 6 rings (SSSR count). The quantitative estimate of drug-likeness (QED) is 0.477. The summed E-state index contributed by atoms with van der Waals surface area (Å²) >= 11 is 6.30. The van der Waals surface area contributed by atoms with Gasteiger partial charge in [0.25, 0.3) is 0 Å². The predicted octanol–water partition coefficient (Wildman–Crippen LogP) is 5.67. The molecule has 4 aliphatic rings. The molecule has 1 aromatic heterocycles. The summed E-state index contributed by atoms with van der Waals surface area (Å²) in [5.74, 6) is 0.576. The summed E-state index contributed by atoms with van der Waals surface area (Å²) in [5, 5.41) is 11.1. The van der Waals surface area contributed by atoms with Crippen LogP contribution >= 0.6 is 11.6 Å². The molecule has 2 aromatic rings. The first kappa shape index (κ1) is 30.1. The molecule has 1 spiro atoms. The van der Waals surface area contributed by atoms with Crippen LogP contribution in [0.3, 0.4) is 0 Å². The third kappa shape index (κ3) is 5.70. The predicted molar refractivity (Wildman–Crippen MR) is 165 cm³/mol. The van der Waals surface area contributed by atoms with E-state index in [4.69, 9.17) is 16.3 Å². The number of carbonyl (C=O) groups excluding carboxylic acids is 2. The molecule has 2 aliphatic heterocycles. The number of piperazine rings is 1. The Kier molecular flexibility index (Phi) is 8.09. The van der Waals surface area contributed by atoms with Crippen LogP contribution in [0, 0.1) is 5.41 Å². The van der Waals surface area contributed by atoms with Crippen molar-refractivity contribution >= 4 is 29.4 Å². The minimum absolute atomic E-state index is 0.0467. The van der Waals surface area contributed by atoms with Gasteiger partial charge < -0.3 is 24.5 Å². The van der Waals surface area contributed by atoms with E-state index in [1.54, 1.807) is 0 Å². The van der Waals surface area contributed by atoms with Gasteiger partial charge in [0.1, 0.15) is 17.7 Å². The molecule has 2 saturated heterocycles. The number of benzene rings is 1. The number of hydrogen-bond acceptors (Lipinski definition) is 7. The fraction of sp³-hybridized carbons (Fsp3) is 0.636. The van der Waals surface area contributed by atoms with Gasteiger partial charge >= 0.3 is 6.09 Å². The zero-order chi connectivity index (χ0) is 30.5. The van der Waals surface area contributed by atoms with Gasteiger partial charge in [-0.25, -0.2) is 14.8 Å². The van der Waals surface area contributed by atoms with Crippen molar-refractivity contribution in [3.63, 3.8) is 0 Å². The summed E-state index contributed by atoms with van der Waals surface area (Å²) in [6, 6.07) is 7.30. The first-order chi connectivity index (χ1) is 20.5. The van der Waals surface area contributed by atoms with Gasteiger partial charge in [0, 0.05) is 43.3 Å². The average molecular weight is 610 g/mol. The van der Waals surface area contributed by atoms with E-state index in [1.807, 2.05) is 54.8 Å². The molecule has 4 atom stereocenters. The number of aliphatic hydroxyl groups excluding tert-OH is 1. The van der Waals surface area contributed by atoms with Crippen LogP contribution in [0.2, 0.25) is 5.02 Å². The summed E-state index contributed by atoms with van der Waals surface area (Å²) in [5.41, 5.74) is 1.90. The van der Waals surface area contributed by atoms with E-state index in [1.165, 1.54) is 6.33 Å². The number of aromatic nitrogens is 2. The van der Waals surface area contributed by atoms with Gasteiger partial charge in [-0.3, -0.25) is 4.79 Å². The van der Waals surface area contributed by atoms with Crippen molar-refractivity contribution < 1.29 is 19.4 Å². The third-order valence-corrected chi connectivity index (χ3v) is 10.3. The maximum Gasteiger partial charge on any atom is 0.410 e. The van der Waals surface area contributed by atoms with Gasteiger partial charge in [0.15, 0.2) is 0 Å². The first-order valence-electron chi connectivity index (χ1n) is 15.8. The Morgan fingerprint density at radius 1 is 1.02 bits per heavy atom. The zero-order valence-corrected chi connectivity index (χ0v) is 26.5. The van der Waals surface area contributed by atoms with Crippen LogP contribution in [0.25, 0.3) is 0 Å². The highest BCUT2D eigenvalue weighted by atomic mass is 35.5. The molecular formula is C33H44ClN5O4. The fourth-order valence-electron chi connectivity index (χ4n) is 8.06. The van der Waals surface area contributed by atoms with Gasteiger partial charge in [0.05, 0.1) is 23.8 Å². The van der Waals surface area contributed by atoms with E-state index in [-0.39, 0.29) is 29.4 Å². The largest absolute Gasteiger partial charge is 0.444 e. The van der Waals surface area contributed by atoms with E-state index in [2.05, 4.69) is 21.8 Å². The lowest BCUT2D eigenvalue weighted by Gasteiger charge is -2.43. The van der Waals surface area contributed by atoms with Crippen LogP contribution in [0.4, 0.5) is 10.6 Å². The lowest BCUT2D eigenvalue weighted by molar-refractivity contribution is -0.135. The molecule has 9 nitrogen and oxygen atoms in total. The molecule has 1 aromatic carbocycles. The fourth-order valence-corrected chi connectivity index (χ4v) is 8.19. The lowest BCUT2D eigenvalue weighted by Crippen LogP contribution is -2.55. The van der Waals surface area contributed by atoms with Gasteiger partial charge in [-0.05, 0) is 75.5 Å². The van der Waals surface area contributed by atoms with Crippen molar-refractivity contribution in [1.29, 1.82) is 0 Å². The van der Waals surface area contributed by atoms with E-state index in [9.17, 15) is 14.7 Å². The third-order valence-electron chi connectivity index (χ3n) is 10.0. The second-order valence-corrected chi connectivity index (χ2v) is 14.4. The number of nitrogens with zero attached hydrogens (tertiary/aromatic N) is 5. The number of aliphatic hydroxyl groups is 1. The van der Waals surface area contributed by atoms with Crippen molar-refractivity contribution in [1.82, 2.24) is 19.8 Å². The number of rotatable bonds is 4. The average Bonchev–Trinajstić information content (AvgIpc) is 3.67. The molecule has 1 N–H and O–H groups in total. The summed E-state index contributed by atoms with van der Waals surface area (Å²) in [7, 11) is 0. The number of hydrogen-bond donors (Lipinski definition) is 1. The van der Waals surface area contributed by atoms with Crippen molar-refractivity contribution in [3.8, 4) is 0 Å². The smallest absolute Gasteiger partial charge is 0.410 e. The molecule has 232 valence electrons. The molecule has 3 fully saturated rings. The van der Waals surface area contributed by atoms with Crippen LogP contribution in [-0.2, 0) is 9.53 Å². The maximum absolute atomic E-state index is 14.7. The number of halogens is 1. The van der Waals surface area contributed by atoms with Crippen LogP contribution < -0.4 is 4.90 Å². The monoisotopic (exact) mass is 609 g/mol. The Morgan fingerprint density at radius 2 is 1.70 bits per heavy atom. The number of fused-ring (bicyclic) bond motifs is 1. The first-order valence-corrected chi connectivity index (χ1v) is 16.2. The number of carbonyl (C=O) groups is 2. The zero-order valence-electron chi connectivity index (χ0n) is 25.8. The Morgan fingerprint density at radius 3 is 2.35 bits per heavy atom. The van der Waals surface area contributed by atoms with Crippen LogP contribution in [0.5, 0.6) is 0 Å². The van der Waals surface area contributed by atoms with Crippen molar-refractivity contribution in [2.45, 2.75) is 95.8 Å². The second-order valence-electron chi connectivity index (χ2n) is 13.9. The van der Waals surface area contributed by atoms with Crippen LogP contribution in [0.1, 0.15) is 101 Å². The van der Waals surface area contributed by atoms with Crippen molar-refractivity contribution in [3.05, 3.63) is 52.4 Å². The summed E-state index contributed by atoms with van der Waals surface area (Å²) in [6.45, 7) is 10.7. The standard InChI is InChI=1S/C33H44ClN5O4/c1-21-19-24(40)27-25(21)29(36-20-35-27)37-15-17-38(18-16-37)30(41)26(22-7-9-23(34)10-8-22)28-33(11-5-6-12-33)13-14-39(28)31(42)43-32(2,3)4/h7-10,20-21,24,26,28,40H,5-6,11-19H2,1-4H3/t21-,24-,26+,28-/m1/s1. The second kappa shape index (κ2) is 11.5. The molecule has 43 heavy (non-hydrogen) atoms. The van der Waals surface area contributed by atoms with E-state index in [0.717, 1.165) is 54.7 Å². The Bertz CT molecular complexity index is 1350. The molecule has 2 amide bonds. The molecule has 2 aliphatic carbocycles. The van der Waals surface area contributed by atoms with Gasteiger partial charge in [-0.15, -0.1) is 0 Å². The molecular weight excluding hydrogens is 566 g/mol. The Labute approximate surface area is 259 Å². The van der Waals surface area contributed by atoms with E-state index >= 15 is 0 Å². The highest BCUT2D eigenvalue weighted by molar-refractivity contribution is 6.30. The Hall–Kier alpha value is -2.91. The molecule has 0 radical (unpaired) electrons. The van der Waals surface area contributed by atoms with Gasteiger partial charge in [0.2, 0.25) is 5.91 Å². The Balaban J connectivity index is 1.30. The normalized spacial score (nSPS) is 25.7. The summed E-state index contributed by atoms with van der Waals surface area (Å²) < 4.78 is 5.91. The van der Waals surface area contributed by atoms with E-state index in [0.29, 0.717) is 44.2 Å². The minimum atomic E-state index is -0.627. The van der Waals surface area contributed by atoms with Crippen molar-refractivity contribution in [2.75, 3.05) is 37.6 Å². The van der Waals surface area contributed by atoms with E-state index < -0.39 is 17.6 Å². The number of ether oxygens (including phenoxy) is 1.